The molecule has 1 saturated carbocycles. The van der Waals surface area contributed by atoms with Crippen LogP contribution in [0.25, 0.3) is 0 Å². The van der Waals surface area contributed by atoms with Crippen molar-refractivity contribution in [3.63, 3.8) is 0 Å². The molecular weight excluding hydrogens is 242 g/mol. The van der Waals surface area contributed by atoms with Gasteiger partial charge in [0.1, 0.15) is 0 Å². The van der Waals surface area contributed by atoms with Crippen LogP contribution in [0.1, 0.15) is 44.9 Å². The average Bonchev–Trinajstić information content (AvgIpc) is 2.91. The minimum absolute atomic E-state index is 0.0993. The highest BCUT2D eigenvalue weighted by Crippen LogP contribution is 2.25. The number of piperidine rings is 2. The fraction of sp³-hybridized carbons (Fsp3) is 0.857. The Morgan fingerprint density at radius 1 is 1.21 bits per heavy atom. The molecule has 2 N–H and O–H groups in total. The van der Waals surface area contributed by atoms with Crippen molar-refractivity contribution in [2.75, 3.05) is 13.1 Å². The van der Waals surface area contributed by atoms with Crippen LogP contribution in [0.15, 0.2) is 0 Å². The summed E-state index contributed by atoms with van der Waals surface area (Å²) >= 11 is 0. The monoisotopic (exact) mass is 265 g/mol. The fourth-order valence-electron chi connectivity index (χ4n) is 3.63. The predicted molar refractivity (Wildman–Crippen MR) is 71.6 cm³/mol. The topological polar surface area (TPSA) is 61.4 Å². The van der Waals surface area contributed by atoms with Crippen molar-refractivity contribution in [2.45, 2.75) is 57.0 Å². The van der Waals surface area contributed by atoms with Gasteiger partial charge in [-0.3, -0.25) is 4.79 Å². The number of carbonyl (C=O) groups is 2. The smallest absolute Gasteiger partial charge is 0.317 e. The Labute approximate surface area is 114 Å². The van der Waals surface area contributed by atoms with Crippen LogP contribution < -0.4 is 10.6 Å². The Bertz CT molecular complexity index is 366. The van der Waals surface area contributed by atoms with Crippen LogP contribution in [0.3, 0.4) is 0 Å². The zero-order valence-corrected chi connectivity index (χ0v) is 11.4. The molecule has 2 unspecified atom stereocenters. The van der Waals surface area contributed by atoms with E-state index in [0.29, 0.717) is 18.4 Å². The van der Waals surface area contributed by atoms with Crippen molar-refractivity contribution in [1.29, 1.82) is 0 Å². The van der Waals surface area contributed by atoms with E-state index in [1.54, 1.807) is 0 Å². The number of urea groups is 1. The molecular formula is C14H23N3O2. The van der Waals surface area contributed by atoms with Gasteiger partial charge in [0, 0.05) is 31.6 Å². The first-order chi connectivity index (χ1) is 9.22. The summed E-state index contributed by atoms with van der Waals surface area (Å²) in [5, 5.41) is 6.21. The largest absolute Gasteiger partial charge is 0.353 e. The van der Waals surface area contributed by atoms with E-state index < -0.39 is 0 Å². The maximum absolute atomic E-state index is 12.2. The molecule has 0 radical (unpaired) electrons. The van der Waals surface area contributed by atoms with Crippen LogP contribution in [-0.4, -0.2) is 42.0 Å². The van der Waals surface area contributed by atoms with Gasteiger partial charge in [-0.05, 0) is 31.6 Å². The minimum Gasteiger partial charge on any atom is -0.353 e. The Balaban J connectivity index is 1.52. The summed E-state index contributed by atoms with van der Waals surface area (Å²) in [6.07, 6.45) is 7.16. The van der Waals surface area contributed by atoms with Gasteiger partial charge in [-0.1, -0.05) is 12.8 Å². The number of nitrogens with one attached hydrogen (secondary N) is 2. The van der Waals surface area contributed by atoms with Crippen LogP contribution >= 0.6 is 0 Å². The van der Waals surface area contributed by atoms with Gasteiger partial charge in [-0.2, -0.15) is 0 Å². The fourth-order valence-corrected chi connectivity index (χ4v) is 3.63. The summed E-state index contributed by atoms with van der Waals surface area (Å²) in [4.78, 5) is 25.5. The minimum atomic E-state index is 0.0993. The van der Waals surface area contributed by atoms with Gasteiger partial charge < -0.3 is 15.5 Å². The standard InChI is InChI=1S/C14H23N3O2/c18-13-6-5-10-9-17(8-7-12(10)16-13)14(19)15-11-3-1-2-4-11/h10-12H,1-9H2,(H,15,19)(H,16,18). The summed E-state index contributed by atoms with van der Waals surface area (Å²) in [6.45, 7) is 1.56. The molecule has 0 aromatic carbocycles. The normalized spacial score (nSPS) is 31.8. The van der Waals surface area contributed by atoms with E-state index >= 15 is 0 Å². The summed E-state index contributed by atoms with van der Waals surface area (Å²) in [5.74, 6) is 0.617. The molecule has 0 bridgehead atoms. The summed E-state index contributed by atoms with van der Waals surface area (Å²) < 4.78 is 0. The van der Waals surface area contributed by atoms with Gasteiger partial charge in [-0.25, -0.2) is 4.79 Å². The second-order valence-electron chi connectivity index (χ2n) is 6.14. The van der Waals surface area contributed by atoms with Crippen LogP contribution in [-0.2, 0) is 4.79 Å². The molecule has 2 atom stereocenters. The van der Waals surface area contributed by atoms with Crippen molar-refractivity contribution in [3.05, 3.63) is 0 Å². The second kappa shape index (κ2) is 5.39. The number of carbonyl (C=O) groups excluding carboxylic acids is 2. The van der Waals surface area contributed by atoms with E-state index in [2.05, 4.69) is 10.6 Å². The SMILES string of the molecule is O=C1CCC2CN(C(=O)NC3CCCC3)CCC2N1. The number of rotatable bonds is 1. The number of hydrogen-bond donors (Lipinski definition) is 2. The number of nitrogens with zero attached hydrogens (tertiary/aromatic N) is 1. The van der Waals surface area contributed by atoms with Gasteiger partial charge in [0.25, 0.3) is 0 Å². The summed E-state index contributed by atoms with van der Waals surface area (Å²) in [6, 6.07) is 0.773. The van der Waals surface area contributed by atoms with Crippen LogP contribution in [0, 0.1) is 5.92 Å². The molecule has 5 heteroatoms. The average molecular weight is 265 g/mol. The first-order valence-corrected chi connectivity index (χ1v) is 7.57. The van der Waals surface area contributed by atoms with E-state index in [4.69, 9.17) is 0 Å². The molecule has 1 aliphatic carbocycles. The molecule has 3 aliphatic rings. The Morgan fingerprint density at radius 2 is 2.00 bits per heavy atom. The molecule has 0 spiro atoms. The number of hydrogen-bond acceptors (Lipinski definition) is 2. The lowest BCUT2D eigenvalue weighted by molar-refractivity contribution is -0.125. The van der Waals surface area contributed by atoms with Crippen LogP contribution in [0.5, 0.6) is 0 Å². The maximum Gasteiger partial charge on any atom is 0.317 e. The maximum atomic E-state index is 12.2. The molecule has 2 heterocycles. The van der Waals surface area contributed by atoms with Gasteiger partial charge in [-0.15, -0.1) is 0 Å². The second-order valence-corrected chi connectivity index (χ2v) is 6.14. The van der Waals surface area contributed by atoms with Gasteiger partial charge in [0.05, 0.1) is 0 Å². The number of amides is 3. The zero-order chi connectivity index (χ0) is 13.2. The Morgan fingerprint density at radius 3 is 2.79 bits per heavy atom. The highest BCUT2D eigenvalue weighted by molar-refractivity contribution is 5.77. The summed E-state index contributed by atoms with van der Waals surface area (Å²) in [7, 11) is 0. The van der Waals surface area contributed by atoms with E-state index in [1.165, 1.54) is 12.8 Å². The molecule has 3 amide bonds. The van der Waals surface area contributed by atoms with Crippen LogP contribution in [0.2, 0.25) is 0 Å². The molecule has 3 fully saturated rings. The Hall–Kier alpha value is -1.26. The lowest BCUT2D eigenvalue weighted by atomic mass is 9.85. The zero-order valence-electron chi connectivity index (χ0n) is 11.4. The number of fused-ring (bicyclic) bond motifs is 1. The van der Waals surface area contributed by atoms with E-state index in [9.17, 15) is 9.59 Å². The van der Waals surface area contributed by atoms with E-state index in [1.807, 2.05) is 4.90 Å². The van der Waals surface area contributed by atoms with Gasteiger partial charge >= 0.3 is 6.03 Å². The van der Waals surface area contributed by atoms with Crippen molar-refractivity contribution in [1.82, 2.24) is 15.5 Å². The lowest BCUT2D eigenvalue weighted by Gasteiger charge is -2.41. The van der Waals surface area contributed by atoms with E-state index in [-0.39, 0.29) is 18.0 Å². The third-order valence-electron chi connectivity index (χ3n) is 4.79. The third-order valence-corrected chi connectivity index (χ3v) is 4.79. The van der Waals surface area contributed by atoms with Gasteiger partial charge in [0.2, 0.25) is 5.91 Å². The lowest BCUT2D eigenvalue weighted by Crippen LogP contribution is -2.57. The molecule has 2 saturated heterocycles. The highest BCUT2D eigenvalue weighted by Gasteiger charge is 2.35. The van der Waals surface area contributed by atoms with Crippen LogP contribution in [0.4, 0.5) is 4.79 Å². The predicted octanol–water partition coefficient (Wildman–Crippen LogP) is 1.24. The quantitative estimate of drug-likeness (QED) is 0.749. The van der Waals surface area contributed by atoms with E-state index in [0.717, 1.165) is 38.8 Å². The van der Waals surface area contributed by atoms with Crippen molar-refractivity contribution in [3.8, 4) is 0 Å². The molecule has 19 heavy (non-hydrogen) atoms. The molecule has 106 valence electrons. The van der Waals surface area contributed by atoms with Crippen molar-refractivity contribution in [2.24, 2.45) is 5.92 Å². The molecule has 0 aromatic heterocycles. The third kappa shape index (κ3) is 2.85. The first-order valence-electron chi connectivity index (χ1n) is 7.57. The van der Waals surface area contributed by atoms with Crippen molar-refractivity contribution >= 4 is 11.9 Å². The summed E-state index contributed by atoms with van der Waals surface area (Å²) in [5.41, 5.74) is 0. The van der Waals surface area contributed by atoms with Gasteiger partial charge in [0.15, 0.2) is 0 Å². The highest BCUT2D eigenvalue weighted by atomic mass is 16.2. The number of likely N-dealkylation sites (tertiary alicyclic amines) is 1. The molecule has 0 aromatic rings. The molecule has 5 nitrogen and oxygen atoms in total. The molecule has 2 aliphatic heterocycles. The van der Waals surface area contributed by atoms with Crippen molar-refractivity contribution < 1.29 is 9.59 Å². The Kier molecular flexibility index (Phi) is 3.62. The first kappa shape index (κ1) is 12.8. The molecule has 3 rings (SSSR count).